The molecule has 6 nitrogen and oxygen atoms in total. The first-order chi connectivity index (χ1) is 16.3. The lowest BCUT2D eigenvalue weighted by Crippen LogP contribution is -2.01. The zero-order valence-electron chi connectivity index (χ0n) is 20.2. The van der Waals surface area contributed by atoms with Gasteiger partial charge in [0.05, 0.1) is 0 Å². The maximum absolute atomic E-state index is 5.71. The number of para-hydroxylation sites is 3. The lowest BCUT2D eigenvalue weighted by Gasteiger charge is -2.09. The highest BCUT2D eigenvalue weighted by atomic mass is 16.5. The molecule has 36 heavy (non-hydrogen) atoms. The molecule has 0 atom stereocenters. The molecule has 0 N–H and O–H groups in total. The van der Waals surface area contributed by atoms with E-state index in [9.17, 15) is 0 Å². The zero-order valence-corrected chi connectivity index (χ0v) is 20.2. The average Bonchev–Trinajstić information content (AvgIpc) is 2.89. The molecule has 4 aromatic rings. The van der Waals surface area contributed by atoms with Gasteiger partial charge >= 0.3 is 18.0 Å². The third-order valence-electron chi connectivity index (χ3n) is 3.43. The Morgan fingerprint density at radius 1 is 0.361 bits per heavy atom. The summed E-state index contributed by atoms with van der Waals surface area (Å²) in [5.41, 5.74) is 0. The van der Waals surface area contributed by atoms with Crippen molar-refractivity contribution in [1.29, 1.82) is 0 Å². The monoisotopic (exact) mass is 495 g/mol. The zero-order chi connectivity index (χ0) is 24.3. The molecular formula is C30H45N3O3. The van der Waals surface area contributed by atoms with Crippen molar-refractivity contribution in [3.05, 3.63) is 91.0 Å². The molecule has 198 valence electrons. The molecule has 4 rings (SSSR count). The Bertz CT molecular complexity index is 855. The van der Waals surface area contributed by atoms with Gasteiger partial charge in [-0.05, 0) is 36.4 Å². The molecule has 0 spiro atoms. The highest BCUT2D eigenvalue weighted by Gasteiger charge is 2.12. The van der Waals surface area contributed by atoms with Gasteiger partial charge in [0.2, 0.25) is 0 Å². The van der Waals surface area contributed by atoms with Gasteiger partial charge in [-0.1, -0.05) is 118 Å². The Morgan fingerprint density at radius 2 is 0.556 bits per heavy atom. The Balaban J connectivity index is -0.00000113. The SMILES string of the molecule is C.C.C.CC.CC.CC.c1ccc(Oc2nc(Oc3ccccc3)nc(Oc3ccccc3)n2)cc1. The molecule has 0 fully saturated rings. The summed E-state index contributed by atoms with van der Waals surface area (Å²) in [7, 11) is 0. The first kappa shape index (κ1) is 36.6. The Morgan fingerprint density at radius 3 is 0.750 bits per heavy atom. The number of benzene rings is 3. The number of rotatable bonds is 6. The standard InChI is InChI=1S/C21H15N3O3.3C2H6.3CH4/c1-4-10-16(11-5-1)25-19-22-20(26-17-12-6-2-7-13-17)24-21(23-19)27-18-14-8-3-9-15-18;3*1-2;;;/h1-15H;3*1-2H3;3*1H4. The van der Waals surface area contributed by atoms with Crippen LogP contribution in [-0.4, -0.2) is 15.0 Å². The summed E-state index contributed by atoms with van der Waals surface area (Å²) in [5, 5.41) is 0. The number of nitrogens with zero attached hydrogens (tertiary/aromatic N) is 3. The fourth-order valence-electron chi connectivity index (χ4n) is 2.24. The van der Waals surface area contributed by atoms with Gasteiger partial charge in [0.25, 0.3) is 0 Å². The van der Waals surface area contributed by atoms with E-state index in [1.165, 1.54) is 0 Å². The van der Waals surface area contributed by atoms with Crippen LogP contribution in [0.25, 0.3) is 0 Å². The van der Waals surface area contributed by atoms with Crippen molar-refractivity contribution >= 4 is 0 Å². The Hall–Kier alpha value is -3.93. The van der Waals surface area contributed by atoms with E-state index in [-0.39, 0.29) is 40.3 Å². The molecule has 0 bridgehead atoms. The Labute approximate surface area is 219 Å². The van der Waals surface area contributed by atoms with Gasteiger partial charge in [0.15, 0.2) is 0 Å². The highest BCUT2D eigenvalue weighted by Crippen LogP contribution is 2.26. The summed E-state index contributed by atoms with van der Waals surface area (Å²) in [6.45, 7) is 12.0. The lowest BCUT2D eigenvalue weighted by molar-refractivity contribution is 0.362. The topological polar surface area (TPSA) is 66.4 Å². The van der Waals surface area contributed by atoms with Crippen molar-refractivity contribution < 1.29 is 14.2 Å². The van der Waals surface area contributed by atoms with E-state index in [1.54, 1.807) is 36.4 Å². The van der Waals surface area contributed by atoms with Crippen LogP contribution in [0.2, 0.25) is 0 Å². The predicted octanol–water partition coefficient (Wildman–Crippen LogP) is 10.2. The molecule has 0 aliphatic rings. The Kier molecular flexibility index (Phi) is 23.2. The van der Waals surface area contributed by atoms with Crippen LogP contribution in [0, 0.1) is 0 Å². The highest BCUT2D eigenvalue weighted by molar-refractivity contribution is 5.29. The molecule has 6 heteroatoms. The van der Waals surface area contributed by atoms with Gasteiger partial charge in [-0.3, -0.25) is 0 Å². The fourth-order valence-corrected chi connectivity index (χ4v) is 2.24. The van der Waals surface area contributed by atoms with Gasteiger partial charge in [-0.15, -0.1) is 15.0 Å². The molecule has 0 amide bonds. The molecule has 0 aliphatic heterocycles. The van der Waals surface area contributed by atoms with Gasteiger partial charge in [-0.25, -0.2) is 0 Å². The quantitative estimate of drug-likeness (QED) is 0.265. The van der Waals surface area contributed by atoms with Crippen LogP contribution in [0.15, 0.2) is 91.0 Å². The molecule has 1 aromatic heterocycles. The van der Waals surface area contributed by atoms with Gasteiger partial charge < -0.3 is 14.2 Å². The second kappa shape index (κ2) is 22.8. The van der Waals surface area contributed by atoms with Crippen molar-refractivity contribution in [1.82, 2.24) is 15.0 Å². The van der Waals surface area contributed by atoms with E-state index in [4.69, 9.17) is 14.2 Å². The largest absolute Gasteiger partial charge is 0.424 e. The molecule has 1 heterocycles. The van der Waals surface area contributed by atoms with Crippen LogP contribution in [0.1, 0.15) is 63.8 Å². The average molecular weight is 496 g/mol. The smallest absolute Gasteiger partial charge is 0.331 e. The second-order valence-corrected chi connectivity index (χ2v) is 5.43. The maximum atomic E-state index is 5.71. The number of hydrogen-bond donors (Lipinski definition) is 0. The van der Waals surface area contributed by atoms with Crippen LogP contribution in [0.5, 0.6) is 35.3 Å². The second-order valence-electron chi connectivity index (χ2n) is 5.43. The minimum absolute atomic E-state index is 0. The molecule has 0 saturated heterocycles. The van der Waals surface area contributed by atoms with Crippen molar-refractivity contribution in [3.63, 3.8) is 0 Å². The number of hydrogen-bond acceptors (Lipinski definition) is 6. The molecule has 0 aliphatic carbocycles. The normalized spacial score (nSPS) is 8.17. The first-order valence-electron chi connectivity index (χ1n) is 11.3. The third kappa shape index (κ3) is 13.1. The van der Waals surface area contributed by atoms with Crippen LogP contribution in [0.3, 0.4) is 0 Å². The van der Waals surface area contributed by atoms with Crippen molar-refractivity contribution in [2.45, 2.75) is 63.8 Å². The summed E-state index contributed by atoms with van der Waals surface area (Å²) >= 11 is 0. The van der Waals surface area contributed by atoms with Crippen molar-refractivity contribution in [2.75, 3.05) is 0 Å². The summed E-state index contributed by atoms with van der Waals surface area (Å²) in [4.78, 5) is 12.7. The van der Waals surface area contributed by atoms with Crippen LogP contribution in [0.4, 0.5) is 0 Å². The van der Waals surface area contributed by atoms with Gasteiger partial charge in [-0.2, -0.15) is 0 Å². The van der Waals surface area contributed by atoms with E-state index < -0.39 is 0 Å². The van der Waals surface area contributed by atoms with Crippen LogP contribution < -0.4 is 14.2 Å². The predicted molar refractivity (Wildman–Crippen MR) is 154 cm³/mol. The fraction of sp³-hybridized carbons (Fsp3) is 0.300. The first-order valence-corrected chi connectivity index (χ1v) is 11.3. The van der Waals surface area contributed by atoms with E-state index in [2.05, 4.69) is 15.0 Å². The molecule has 0 saturated carbocycles. The minimum atomic E-state index is 0. The third-order valence-corrected chi connectivity index (χ3v) is 3.43. The van der Waals surface area contributed by atoms with E-state index >= 15 is 0 Å². The summed E-state index contributed by atoms with van der Waals surface area (Å²) in [6.07, 6.45) is 0. The summed E-state index contributed by atoms with van der Waals surface area (Å²) < 4.78 is 17.1. The molecule has 0 unspecified atom stereocenters. The van der Waals surface area contributed by atoms with Gasteiger partial charge in [0.1, 0.15) is 17.2 Å². The summed E-state index contributed by atoms with van der Waals surface area (Å²) in [5.74, 6) is 1.79. The number of aromatic nitrogens is 3. The van der Waals surface area contributed by atoms with E-state index in [1.807, 2.05) is 96.1 Å². The van der Waals surface area contributed by atoms with Crippen LogP contribution in [-0.2, 0) is 0 Å². The minimum Gasteiger partial charge on any atom is -0.424 e. The molecular weight excluding hydrogens is 450 g/mol. The van der Waals surface area contributed by atoms with Crippen molar-refractivity contribution in [2.24, 2.45) is 0 Å². The summed E-state index contributed by atoms with van der Waals surface area (Å²) in [6, 6.07) is 27.9. The van der Waals surface area contributed by atoms with Crippen LogP contribution >= 0.6 is 0 Å². The lowest BCUT2D eigenvalue weighted by atomic mass is 10.3. The molecule has 3 aromatic carbocycles. The van der Waals surface area contributed by atoms with E-state index in [0.29, 0.717) is 17.2 Å². The molecule has 0 radical (unpaired) electrons. The number of ether oxygens (including phenoxy) is 3. The van der Waals surface area contributed by atoms with Crippen molar-refractivity contribution in [3.8, 4) is 35.3 Å². The maximum Gasteiger partial charge on any atom is 0.331 e. The van der Waals surface area contributed by atoms with E-state index in [0.717, 1.165) is 0 Å². The van der Waals surface area contributed by atoms with Gasteiger partial charge in [0, 0.05) is 0 Å².